The van der Waals surface area contributed by atoms with Crippen molar-refractivity contribution in [3.05, 3.63) is 0 Å². The fourth-order valence-electron chi connectivity index (χ4n) is 0.204. The number of hydrogen-bond acceptors (Lipinski definition) is 1. The fraction of sp³-hybridized carbons (Fsp3) is 0.833. The summed E-state index contributed by atoms with van der Waals surface area (Å²) < 4.78 is 12.3. The zero-order valence-electron chi connectivity index (χ0n) is 5.44. The van der Waals surface area contributed by atoms with Crippen molar-refractivity contribution in [1.82, 2.24) is 0 Å². The van der Waals surface area contributed by atoms with Crippen LogP contribution in [0.3, 0.4) is 0 Å². The van der Waals surface area contributed by atoms with E-state index in [2.05, 4.69) is 0 Å². The summed E-state index contributed by atoms with van der Waals surface area (Å²) in [5.41, 5.74) is -0.526. The largest absolute Gasteiger partial charge is 0.300 e. The number of aldehydes is 1. The molecular weight excluding hydrogens is 107 g/mol. The number of hydrogen-bond donors (Lipinski definition) is 0. The van der Waals surface area contributed by atoms with Crippen LogP contribution in [-0.4, -0.2) is 12.5 Å². The zero-order chi connectivity index (χ0) is 6.78. The van der Waals surface area contributed by atoms with Crippen LogP contribution in [0.25, 0.3) is 0 Å². The number of carbonyl (C=O) groups excluding carboxylic acids is 1. The first-order valence-corrected chi connectivity index (χ1v) is 2.58. The van der Waals surface area contributed by atoms with Crippen LogP contribution in [0.15, 0.2) is 0 Å². The number of alkyl halides is 1. The Morgan fingerprint density at radius 1 is 1.50 bits per heavy atom. The Hall–Kier alpha value is -0.400. The molecule has 0 aliphatic heterocycles. The predicted octanol–water partition coefficient (Wildman–Crippen LogP) is 1.57. The number of rotatable bonds is 1. The molecule has 0 unspecified atom stereocenters. The molecular formula is C6H11FO. The highest BCUT2D eigenvalue weighted by molar-refractivity contribution is 5.56. The van der Waals surface area contributed by atoms with Gasteiger partial charge in [0.25, 0.3) is 0 Å². The Kier molecular flexibility index (Phi) is 2.13. The van der Waals surface area contributed by atoms with Gasteiger partial charge in [-0.1, -0.05) is 20.8 Å². The highest BCUT2D eigenvalue weighted by Gasteiger charge is 2.22. The molecule has 8 heavy (non-hydrogen) atoms. The van der Waals surface area contributed by atoms with Gasteiger partial charge in [0.15, 0.2) is 12.5 Å². The van der Waals surface area contributed by atoms with Gasteiger partial charge in [-0.05, 0) is 0 Å². The van der Waals surface area contributed by atoms with Crippen molar-refractivity contribution in [3.8, 4) is 0 Å². The zero-order valence-corrected chi connectivity index (χ0v) is 5.44. The molecule has 1 atom stereocenters. The van der Waals surface area contributed by atoms with E-state index in [1.54, 1.807) is 20.8 Å². The van der Waals surface area contributed by atoms with E-state index in [-0.39, 0.29) is 0 Å². The van der Waals surface area contributed by atoms with Crippen molar-refractivity contribution in [2.24, 2.45) is 5.41 Å². The smallest absolute Gasteiger partial charge is 0.160 e. The topological polar surface area (TPSA) is 17.1 Å². The van der Waals surface area contributed by atoms with Gasteiger partial charge in [0.05, 0.1) is 0 Å². The van der Waals surface area contributed by atoms with E-state index in [4.69, 9.17) is 0 Å². The van der Waals surface area contributed by atoms with Crippen LogP contribution in [-0.2, 0) is 4.79 Å². The van der Waals surface area contributed by atoms with Gasteiger partial charge in [0, 0.05) is 5.41 Å². The summed E-state index contributed by atoms with van der Waals surface area (Å²) in [4.78, 5) is 9.78. The van der Waals surface area contributed by atoms with Gasteiger partial charge in [0.1, 0.15) is 0 Å². The normalized spacial score (nSPS) is 15.5. The van der Waals surface area contributed by atoms with Crippen molar-refractivity contribution in [1.29, 1.82) is 0 Å². The van der Waals surface area contributed by atoms with Crippen molar-refractivity contribution in [2.75, 3.05) is 0 Å². The summed E-state index contributed by atoms with van der Waals surface area (Å²) in [6, 6.07) is 0. The molecule has 0 heterocycles. The second-order valence-electron chi connectivity index (χ2n) is 2.90. The quantitative estimate of drug-likeness (QED) is 0.477. The van der Waals surface area contributed by atoms with Gasteiger partial charge in [-0.25, -0.2) is 4.39 Å². The molecule has 0 aliphatic carbocycles. The molecule has 1 nitrogen and oxygen atoms in total. The minimum absolute atomic E-state index is 0.333. The third kappa shape index (κ3) is 2.05. The molecule has 0 aromatic carbocycles. The van der Waals surface area contributed by atoms with Crippen molar-refractivity contribution < 1.29 is 9.18 Å². The molecule has 0 N–H and O–H groups in total. The van der Waals surface area contributed by atoms with Gasteiger partial charge in [-0.3, -0.25) is 0 Å². The van der Waals surface area contributed by atoms with E-state index >= 15 is 0 Å². The lowest BCUT2D eigenvalue weighted by atomic mass is 9.91. The van der Waals surface area contributed by atoms with Crippen molar-refractivity contribution in [3.63, 3.8) is 0 Å². The summed E-state index contributed by atoms with van der Waals surface area (Å²) in [5, 5.41) is 0. The molecule has 0 radical (unpaired) electrons. The maximum absolute atomic E-state index is 12.3. The monoisotopic (exact) mass is 118 g/mol. The highest BCUT2D eigenvalue weighted by Crippen LogP contribution is 2.19. The minimum atomic E-state index is -1.33. The van der Waals surface area contributed by atoms with E-state index in [0.717, 1.165) is 0 Å². The SMILES string of the molecule is CC(C)(C)[C@H](F)C=O. The molecule has 0 rings (SSSR count). The predicted molar refractivity (Wildman–Crippen MR) is 30.4 cm³/mol. The van der Waals surface area contributed by atoms with Crippen LogP contribution in [0.1, 0.15) is 20.8 Å². The van der Waals surface area contributed by atoms with E-state index < -0.39 is 11.6 Å². The van der Waals surface area contributed by atoms with E-state index in [1.165, 1.54) is 0 Å². The lowest BCUT2D eigenvalue weighted by molar-refractivity contribution is -0.115. The average molecular weight is 118 g/mol. The molecule has 48 valence electrons. The average Bonchev–Trinajstić information content (AvgIpc) is 1.62. The second kappa shape index (κ2) is 2.25. The number of carbonyl (C=O) groups is 1. The van der Waals surface area contributed by atoms with Gasteiger partial charge in [0.2, 0.25) is 0 Å². The first-order valence-electron chi connectivity index (χ1n) is 2.58. The maximum Gasteiger partial charge on any atom is 0.160 e. The molecule has 0 aliphatic rings. The third-order valence-electron chi connectivity index (χ3n) is 0.947. The highest BCUT2D eigenvalue weighted by atomic mass is 19.1. The molecule has 0 saturated carbocycles. The lowest BCUT2D eigenvalue weighted by Crippen LogP contribution is -2.22. The van der Waals surface area contributed by atoms with E-state index in [0.29, 0.717) is 6.29 Å². The van der Waals surface area contributed by atoms with Crippen LogP contribution < -0.4 is 0 Å². The molecule has 0 aromatic rings. The lowest BCUT2D eigenvalue weighted by Gasteiger charge is -2.17. The molecule has 0 bridgehead atoms. The van der Waals surface area contributed by atoms with Gasteiger partial charge >= 0.3 is 0 Å². The van der Waals surface area contributed by atoms with Gasteiger partial charge in [-0.2, -0.15) is 0 Å². The van der Waals surface area contributed by atoms with E-state index in [9.17, 15) is 9.18 Å². The summed E-state index contributed by atoms with van der Waals surface area (Å²) in [6.45, 7) is 5.06. The van der Waals surface area contributed by atoms with E-state index in [1.807, 2.05) is 0 Å². The Morgan fingerprint density at radius 3 is 1.88 bits per heavy atom. The first kappa shape index (κ1) is 7.60. The molecule has 0 amide bonds. The van der Waals surface area contributed by atoms with Gasteiger partial charge < -0.3 is 4.79 Å². The van der Waals surface area contributed by atoms with Crippen LogP contribution in [0.4, 0.5) is 4.39 Å². The summed E-state index contributed by atoms with van der Waals surface area (Å²) in [6.07, 6.45) is -0.998. The van der Waals surface area contributed by atoms with Crippen LogP contribution >= 0.6 is 0 Å². The second-order valence-corrected chi connectivity index (χ2v) is 2.90. The van der Waals surface area contributed by atoms with Crippen molar-refractivity contribution >= 4 is 6.29 Å². The van der Waals surface area contributed by atoms with Gasteiger partial charge in [-0.15, -0.1) is 0 Å². The first-order chi connectivity index (χ1) is 3.48. The third-order valence-corrected chi connectivity index (χ3v) is 0.947. The Labute approximate surface area is 48.9 Å². The van der Waals surface area contributed by atoms with Crippen LogP contribution in [0.2, 0.25) is 0 Å². The Morgan fingerprint density at radius 2 is 1.88 bits per heavy atom. The van der Waals surface area contributed by atoms with Crippen molar-refractivity contribution in [2.45, 2.75) is 26.9 Å². The molecule has 0 spiro atoms. The minimum Gasteiger partial charge on any atom is -0.300 e. The van der Waals surface area contributed by atoms with Crippen LogP contribution in [0, 0.1) is 5.41 Å². The Bertz CT molecular complexity index is 83.0. The summed E-state index contributed by atoms with van der Waals surface area (Å²) in [7, 11) is 0. The molecule has 0 aromatic heterocycles. The Balaban J connectivity index is 3.80. The number of halogens is 1. The fourth-order valence-corrected chi connectivity index (χ4v) is 0.204. The molecule has 2 heteroatoms. The maximum atomic E-state index is 12.3. The summed E-state index contributed by atoms with van der Waals surface area (Å²) in [5.74, 6) is 0. The standard InChI is InChI=1S/C6H11FO/c1-6(2,3)5(7)4-8/h4-5H,1-3H3/t5-/m1/s1. The van der Waals surface area contributed by atoms with Crippen LogP contribution in [0.5, 0.6) is 0 Å². The summed E-state index contributed by atoms with van der Waals surface area (Å²) >= 11 is 0. The molecule has 0 saturated heterocycles. The molecule has 0 fully saturated rings.